The first-order chi connectivity index (χ1) is 5.57. The number of hydrogen-bond donors (Lipinski definition) is 4. The Balaban J connectivity index is 0.00000144. The average Bonchev–Trinajstić information content (AvgIpc) is 2.32. The van der Waals surface area contributed by atoms with E-state index in [1.807, 2.05) is 0 Å². The monoisotopic (exact) mass is 211 g/mol. The number of aliphatic imine (C=N–C) groups is 1. The summed E-state index contributed by atoms with van der Waals surface area (Å²) in [4.78, 5) is 3.83. The molecule has 4 atom stereocenters. The van der Waals surface area contributed by atoms with Crippen LogP contribution in [-0.4, -0.2) is 57.1 Å². The quantitative estimate of drug-likeness (QED) is 0.439. The molecule has 1 aliphatic heterocycles. The fourth-order valence-corrected chi connectivity index (χ4v) is 1.24. The van der Waals surface area contributed by atoms with Crippen LogP contribution < -0.4 is 0 Å². The number of halogens is 1. The molecule has 13 heavy (non-hydrogen) atoms. The Hall–Kier alpha value is -0.200. The van der Waals surface area contributed by atoms with Gasteiger partial charge in [0.15, 0.2) is 0 Å². The Morgan fingerprint density at radius 3 is 2.31 bits per heavy atom. The van der Waals surface area contributed by atoms with Gasteiger partial charge in [0, 0.05) is 5.71 Å². The summed E-state index contributed by atoms with van der Waals surface area (Å²) in [5.41, 5.74) is 0.389. The molecule has 0 bridgehead atoms. The number of nitrogens with zero attached hydrogens (tertiary/aromatic N) is 1. The van der Waals surface area contributed by atoms with E-state index in [4.69, 9.17) is 10.2 Å². The maximum atomic E-state index is 9.29. The summed E-state index contributed by atoms with van der Waals surface area (Å²) in [6, 6.07) is -0.801. The van der Waals surface area contributed by atoms with Crippen molar-refractivity contribution in [3.05, 3.63) is 0 Å². The van der Waals surface area contributed by atoms with E-state index in [2.05, 4.69) is 4.99 Å². The fraction of sp³-hybridized carbons (Fsp3) is 0.857. The van der Waals surface area contributed by atoms with E-state index in [9.17, 15) is 10.2 Å². The Morgan fingerprint density at radius 2 is 2.00 bits per heavy atom. The molecule has 5 nitrogen and oxygen atoms in total. The zero-order valence-electron chi connectivity index (χ0n) is 7.16. The molecule has 0 aromatic rings. The molecule has 4 N–H and O–H groups in total. The predicted molar refractivity (Wildman–Crippen MR) is 49.3 cm³/mol. The van der Waals surface area contributed by atoms with E-state index in [0.717, 1.165) is 0 Å². The average molecular weight is 212 g/mol. The minimum Gasteiger partial charge on any atom is -0.394 e. The Kier molecular flexibility index (Phi) is 4.80. The van der Waals surface area contributed by atoms with Crippen LogP contribution in [0, 0.1) is 0 Å². The van der Waals surface area contributed by atoms with Crippen molar-refractivity contribution < 1.29 is 20.4 Å². The van der Waals surface area contributed by atoms with Gasteiger partial charge < -0.3 is 20.4 Å². The van der Waals surface area contributed by atoms with Gasteiger partial charge >= 0.3 is 0 Å². The third-order valence-corrected chi connectivity index (χ3v) is 2.04. The third kappa shape index (κ3) is 2.38. The molecule has 0 aromatic heterocycles. The second-order valence-electron chi connectivity index (χ2n) is 2.95. The van der Waals surface area contributed by atoms with Crippen LogP contribution in [-0.2, 0) is 0 Å². The Labute approximate surface area is 82.1 Å². The van der Waals surface area contributed by atoms with Crippen LogP contribution in [0.15, 0.2) is 4.99 Å². The van der Waals surface area contributed by atoms with Gasteiger partial charge in [0.25, 0.3) is 0 Å². The lowest BCUT2D eigenvalue weighted by Gasteiger charge is -2.18. The summed E-state index contributed by atoms with van der Waals surface area (Å²) in [6.07, 6.45) is -3.23. The lowest BCUT2D eigenvalue weighted by atomic mass is 10.0. The molecular weight excluding hydrogens is 198 g/mol. The van der Waals surface area contributed by atoms with E-state index >= 15 is 0 Å². The summed E-state index contributed by atoms with van der Waals surface area (Å²) in [5.74, 6) is 0. The van der Waals surface area contributed by atoms with Gasteiger partial charge in [-0.2, -0.15) is 0 Å². The Morgan fingerprint density at radius 1 is 1.46 bits per heavy atom. The van der Waals surface area contributed by atoms with Gasteiger partial charge in [0.05, 0.1) is 6.61 Å². The van der Waals surface area contributed by atoms with Crippen LogP contribution in [0.2, 0.25) is 0 Å². The van der Waals surface area contributed by atoms with Crippen molar-refractivity contribution >= 4 is 18.1 Å². The number of aliphatic hydroxyl groups is 4. The predicted octanol–water partition coefficient (Wildman–Crippen LogP) is -1.67. The second kappa shape index (κ2) is 4.88. The number of aliphatic hydroxyl groups excluding tert-OH is 4. The summed E-state index contributed by atoms with van der Waals surface area (Å²) < 4.78 is 0. The summed E-state index contributed by atoms with van der Waals surface area (Å²) in [7, 11) is 0. The maximum Gasteiger partial charge on any atom is 0.119 e. The fourth-order valence-electron chi connectivity index (χ4n) is 1.24. The van der Waals surface area contributed by atoms with Crippen molar-refractivity contribution in [2.75, 3.05) is 6.61 Å². The number of rotatable bonds is 2. The highest BCUT2D eigenvalue weighted by Gasteiger charge is 2.38. The van der Waals surface area contributed by atoms with Crippen LogP contribution in [0.25, 0.3) is 0 Å². The van der Waals surface area contributed by atoms with Crippen LogP contribution in [0.1, 0.15) is 6.92 Å². The van der Waals surface area contributed by atoms with E-state index in [1.165, 1.54) is 0 Å². The van der Waals surface area contributed by atoms with Crippen LogP contribution >= 0.6 is 12.4 Å². The van der Waals surface area contributed by atoms with Crippen molar-refractivity contribution in [2.24, 2.45) is 4.99 Å². The highest BCUT2D eigenvalue weighted by molar-refractivity contribution is 5.89. The first kappa shape index (κ1) is 12.8. The molecular formula is C7H14ClNO4. The van der Waals surface area contributed by atoms with Gasteiger partial charge in [0.2, 0.25) is 0 Å². The maximum absolute atomic E-state index is 9.29. The smallest absolute Gasteiger partial charge is 0.119 e. The molecule has 1 aliphatic rings. The zero-order chi connectivity index (χ0) is 9.30. The SMILES string of the molecule is CC1=N[C@@H]([C@H](O)CO)[C@H](O)[C@@H]1O.Cl. The van der Waals surface area contributed by atoms with E-state index < -0.39 is 31.0 Å². The molecule has 1 rings (SSSR count). The largest absolute Gasteiger partial charge is 0.394 e. The third-order valence-electron chi connectivity index (χ3n) is 2.04. The molecule has 78 valence electrons. The standard InChI is InChI=1S/C7H13NO4.ClH/c1-3-6(11)7(12)5(8-3)4(10)2-9;/h4-7,9-12H,2H2,1H3;1H/t4-,5+,6-,7+;/m1./s1. The minimum atomic E-state index is -1.10. The van der Waals surface area contributed by atoms with Crippen LogP contribution in [0.5, 0.6) is 0 Å². The molecule has 0 saturated heterocycles. The van der Waals surface area contributed by atoms with Crippen LogP contribution in [0.3, 0.4) is 0 Å². The van der Waals surface area contributed by atoms with E-state index in [1.54, 1.807) is 6.92 Å². The van der Waals surface area contributed by atoms with E-state index in [-0.39, 0.29) is 12.4 Å². The topological polar surface area (TPSA) is 93.3 Å². The van der Waals surface area contributed by atoms with Gasteiger partial charge in [-0.05, 0) is 6.92 Å². The van der Waals surface area contributed by atoms with Crippen molar-refractivity contribution in [3.63, 3.8) is 0 Å². The van der Waals surface area contributed by atoms with Gasteiger partial charge in [0.1, 0.15) is 24.4 Å². The normalized spacial score (nSPS) is 35.2. The highest BCUT2D eigenvalue weighted by Crippen LogP contribution is 2.17. The molecule has 0 aliphatic carbocycles. The van der Waals surface area contributed by atoms with Gasteiger partial charge in [-0.3, -0.25) is 4.99 Å². The van der Waals surface area contributed by atoms with E-state index in [0.29, 0.717) is 5.71 Å². The zero-order valence-corrected chi connectivity index (χ0v) is 7.98. The minimum absolute atomic E-state index is 0. The van der Waals surface area contributed by atoms with Gasteiger partial charge in [-0.15, -0.1) is 12.4 Å². The molecule has 0 unspecified atom stereocenters. The molecule has 0 radical (unpaired) electrons. The lowest BCUT2D eigenvalue weighted by molar-refractivity contribution is -0.00519. The molecule has 6 heteroatoms. The van der Waals surface area contributed by atoms with Crippen molar-refractivity contribution in [3.8, 4) is 0 Å². The van der Waals surface area contributed by atoms with Gasteiger partial charge in [-0.1, -0.05) is 0 Å². The molecule has 1 heterocycles. The number of hydrogen-bond acceptors (Lipinski definition) is 5. The summed E-state index contributed by atoms with van der Waals surface area (Å²) in [6.45, 7) is 1.10. The van der Waals surface area contributed by atoms with Crippen molar-refractivity contribution in [1.29, 1.82) is 0 Å². The molecule has 0 spiro atoms. The first-order valence-corrected chi connectivity index (χ1v) is 3.77. The van der Waals surface area contributed by atoms with Crippen molar-refractivity contribution in [1.82, 2.24) is 0 Å². The van der Waals surface area contributed by atoms with Gasteiger partial charge in [-0.25, -0.2) is 0 Å². The molecule has 0 fully saturated rings. The molecule has 0 amide bonds. The van der Waals surface area contributed by atoms with Crippen molar-refractivity contribution in [2.45, 2.75) is 31.3 Å². The lowest BCUT2D eigenvalue weighted by Crippen LogP contribution is -2.41. The molecule has 0 aromatic carbocycles. The Bertz CT molecular complexity index is 199. The second-order valence-corrected chi connectivity index (χ2v) is 2.95. The molecule has 0 saturated carbocycles. The van der Waals surface area contributed by atoms with Crippen LogP contribution in [0.4, 0.5) is 0 Å². The highest BCUT2D eigenvalue weighted by atomic mass is 35.5. The summed E-state index contributed by atoms with van der Waals surface area (Å²) in [5, 5.41) is 36.2. The summed E-state index contributed by atoms with van der Waals surface area (Å²) >= 11 is 0. The first-order valence-electron chi connectivity index (χ1n) is 3.77.